The van der Waals surface area contributed by atoms with Crippen molar-refractivity contribution in [1.82, 2.24) is 74.0 Å². The molecule has 1 aliphatic heterocycles. The van der Waals surface area contributed by atoms with Crippen LogP contribution in [0.3, 0.4) is 0 Å². The SMILES string of the molecule is CC(=O)N[C@@H](CC(C)C)C(=O)N[C@@H](CCCCN)C(=O)N[C@@H](CCCCN)C(=O)N[C@@H](CC(C)C)C(=O)N[C@@H](CC(C)C)C(=O)N[C@@H](CCCCN)C(=O)N1CCC[C@H]1C(=O)N[C@@H](CC(C)C)C(=O)N[C@@H](CCCCN)C(=O)N[C@@H](CCCCN)C(=O)N[C@@H](CC(C)C)C(=O)N[C@@H](CC(C)C)C(=O)N[C@@H](CCCCN)C(=O)N[C@@H](CC(C)C)C(N)=O. The number of hydrogen-bond acceptors (Lipinski definition) is 21. The molecule has 121 heavy (non-hydrogen) atoms. The zero-order valence-corrected chi connectivity index (χ0v) is 75.8. The van der Waals surface area contributed by atoms with Gasteiger partial charge in [0.1, 0.15) is 84.6 Å². The maximum atomic E-state index is 15.1. The summed E-state index contributed by atoms with van der Waals surface area (Å²) in [5.41, 5.74) is 40.9. The summed E-state index contributed by atoms with van der Waals surface area (Å²) < 4.78 is 0. The van der Waals surface area contributed by atoms with Gasteiger partial charge in [0.05, 0.1) is 0 Å². The van der Waals surface area contributed by atoms with Gasteiger partial charge in [0.15, 0.2) is 0 Å². The van der Waals surface area contributed by atoms with Gasteiger partial charge in [-0.15, -0.1) is 0 Å². The van der Waals surface area contributed by atoms with Crippen molar-refractivity contribution in [3.05, 3.63) is 0 Å². The molecule has 0 spiro atoms. The third kappa shape index (κ3) is 45.7. The lowest BCUT2D eigenvalue weighted by Crippen LogP contribution is -2.61. The minimum atomic E-state index is -1.29. The molecular weight excluding hydrogens is 1560 g/mol. The monoisotopic (exact) mass is 1720 g/mol. The first-order chi connectivity index (χ1) is 57.1. The van der Waals surface area contributed by atoms with Crippen molar-refractivity contribution < 1.29 is 71.9 Å². The maximum absolute atomic E-state index is 15.1. The maximum Gasteiger partial charge on any atom is 0.245 e. The summed E-state index contributed by atoms with van der Waals surface area (Å²) in [6.45, 7) is 29.0. The second kappa shape index (κ2) is 61.2. The van der Waals surface area contributed by atoms with Crippen LogP contribution in [0.15, 0.2) is 0 Å². The lowest BCUT2D eigenvalue weighted by Gasteiger charge is -2.32. The van der Waals surface area contributed by atoms with E-state index in [1.165, 1.54) is 11.8 Å². The summed E-state index contributed by atoms with van der Waals surface area (Å²) in [4.78, 5) is 215. The molecule has 1 rings (SSSR count). The minimum Gasteiger partial charge on any atom is -0.368 e. The summed E-state index contributed by atoms with van der Waals surface area (Å²) >= 11 is 0. The van der Waals surface area contributed by atoms with Crippen LogP contribution < -0.4 is 109 Å². The fraction of sp³-hybridized carbons (Fsp3) is 0.824. The Morgan fingerprint density at radius 1 is 0.264 bits per heavy atom. The van der Waals surface area contributed by atoms with E-state index in [-0.39, 0.29) is 158 Å². The van der Waals surface area contributed by atoms with Crippen LogP contribution in [0.25, 0.3) is 0 Å². The summed E-state index contributed by atoms with van der Waals surface area (Å²) in [6, 6.07) is -16.6. The number of carbonyl (C=O) groups excluding carboxylic acids is 15. The molecule has 36 nitrogen and oxygen atoms in total. The molecule has 1 heterocycles. The molecule has 1 saturated heterocycles. The van der Waals surface area contributed by atoms with E-state index in [0.717, 1.165) is 0 Å². The van der Waals surface area contributed by atoms with Crippen LogP contribution in [0.5, 0.6) is 0 Å². The Morgan fingerprint density at radius 2 is 0.455 bits per heavy atom. The number of primary amides is 1. The molecule has 0 bridgehead atoms. The first-order valence-electron chi connectivity index (χ1n) is 44.8. The van der Waals surface area contributed by atoms with E-state index in [2.05, 4.69) is 69.1 Å². The molecule has 0 aromatic heterocycles. The third-order valence-corrected chi connectivity index (χ3v) is 20.8. The highest BCUT2D eigenvalue weighted by Crippen LogP contribution is 2.23. The minimum absolute atomic E-state index is 0.000846. The van der Waals surface area contributed by atoms with Crippen LogP contribution >= 0.6 is 0 Å². The van der Waals surface area contributed by atoms with Gasteiger partial charge in [-0.2, -0.15) is 0 Å². The van der Waals surface area contributed by atoms with E-state index < -0.39 is 173 Å². The Labute approximate surface area is 720 Å². The van der Waals surface area contributed by atoms with Crippen LogP contribution in [0.1, 0.15) is 277 Å². The summed E-state index contributed by atoms with van der Waals surface area (Å²) in [5, 5.41) is 36.6. The first-order valence-corrected chi connectivity index (χ1v) is 44.8. The molecule has 696 valence electrons. The van der Waals surface area contributed by atoms with Gasteiger partial charge in [-0.1, -0.05) is 96.9 Å². The number of hydrogen-bond donors (Lipinski definition) is 20. The molecule has 0 unspecified atom stereocenters. The molecule has 0 aliphatic carbocycles. The number of rotatable bonds is 65. The molecule has 1 fully saturated rings. The van der Waals surface area contributed by atoms with Gasteiger partial charge < -0.3 is 114 Å². The predicted octanol–water partition coefficient (Wildman–Crippen LogP) is 0.882. The van der Waals surface area contributed by atoms with Gasteiger partial charge in [0.2, 0.25) is 88.6 Å². The molecule has 36 heteroatoms. The van der Waals surface area contributed by atoms with E-state index in [0.29, 0.717) is 103 Å². The van der Waals surface area contributed by atoms with Crippen LogP contribution in [-0.2, 0) is 71.9 Å². The van der Waals surface area contributed by atoms with Gasteiger partial charge in [0, 0.05) is 13.5 Å². The highest BCUT2D eigenvalue weighted by molar-refractivity contribution is 6.00. The van der Waals surface area contributed by atoms with Crippen molar-refractivity contribution in [3.8, 4) is 0 Å². The lowest BCUT2D eigenvalue weighted by atomic mass is 9.98. The van der Waals surface area contributed by atoms with E-state index in [1.54, 1.807) is 0 Å². The number of nitrogens with zero attached hydrogens (tertiary/aromatic N) is 1. The Balaban J connectivity index is 3.74. The van der Waals surface area contributed by atoms with Crippen molar-refractivity contribution >= 4 is 88.6 Å². The van der Waals surface area contributed by atoms with Gasteiger partial charge in [-0.25, -0.2) is 0 Å². The van der Waals surface area contributed by atoms with Gasteiger partial charge >= 0.3 is 0 Å². The molecule has 0 aromatic carbocycles. The Morgan fingerprint density at radius 3 is 0.678 bits per heavy atom. The first kappa shape index (κ1) is 111. The number of unbranched alkanes of at least 4 members (excludes halogenated alkanes) is 6. The molecular formula is C85H161N21O15. The number of carbonyl (C=O) groups is 15. The average Bonchev–Trinajstić information content (AvgIpc) is 1.84. The van der Waals surface area contributed by atoms with E-state index in [4.69, 9.17) is 40.1 Å². The Hall–Kier alpha value is -8.19. The molecule has 0 saturated carbocycles. The summed E-state index contributed by atoms with van der Waals surface area (Å²) in [7, 11) is 0. The van der Waals surface area contributed by atoms with Crippen LogP contribution in [0, 0.1) is 41.4 Å². The standard InChI is InChI=1S/C85H161N21O15/c1-50(2)43-64(72(92)108)100-75(111)60(31-18-24-38-88)98-79(115)66(45-52(5)6)103-82(118)68(47-54(9)10)101-77(113)62(33-20-26-40-90)95-74(110)59(30-17-23-37-87)97-80(116)70(49-56(13)14)105-84(120)71-35-28-42-106(71)85(121)63(34-21-27-41-91)99-81(117)67(46-53(7)8)104-83(119)69(48-55(11)12)102-76(112)61(32-19-25-39-89)94-73(109)58(29-16-22-36-86)96-78(114)65(44-51(3)4)93-57(15)107/h50-56,58-71H,16-49,86-91H2,1-15H3,(H2,92,108)(H,93,107)(H,94,109)(H,95,110)(H,96,114)(H,97,116)(H,98,115)(H,99,117)(H,100,111)(H,101,113)(H,102,112)(H,103,118)(H,104,119)(H,105,120)/t58-,59-,60-,61-,62-,63-,64-,65-,66-,67-,68-,69-,70-,71-/m0/s1. The third-order valence-electron chi connectivity index (χ3n) is 20.8. The topological polar surface area (TPSA) is 598 Å². The summed E-state index contributed by atoms with van der Waals surface area (Å²) in [5.74, 6) is -11.0. The zero-order chi connectivity index (χ0) is 91.6. The van der Waals surface area contributed by atoms with Crippen molar-refractivity contribution in [2.24, 2.45) is 81.6 Å². The Bertz CT molecular complexity index is 3180. The van der Waals surface area contributed by atoms with Crippen molar-refractivity contribution in [3.63, 3.8) is 0 Å². The zero-order valence-electron chi connectivity index (χ0n) is 75.8. The van der Waals surface area contributed by atoms with Gasteiger partial charge in [0.25, 0.3) is 0 Å². The van der Waals surface area contributed by atoms with Crippen molar-refractivity contribution in [2.75, 3.05) is 45.8 Å². The summed E-state index contributed by atoms with van der Waals surface area (Å²) in [6.07, 6.45) is 7.50. The molecule has 27 N–H and O–H groups in total. The fourth-order valence-corrected chi connectivity index (χ4v) is 14.5. The second-order valence-electron chi connectivity index (χ2n) is 35.7. The van der Waals surface area contributed by atoms with Crippen LogP contribution in [0.4, 0.5) is 0 Å². The highest BCUT2D eigenvalue weighted by Gasteiger charge is 2.42. The number of amides is 15. The number of nitrogens with one attached hydrogen (secondary N) is 13. The molecule has 0 radical (unpaired) electrons. The highest BCUT2D eigenvalue weighted by atomic mass is 16.2. The molecule has 0 aromatic rings. The quantitative estimate of drug-likeness (QED) is 0.0376. The Kier molecular flexibility index (Phi) is 56.0. The average molecular weight is 1720 g/mol. The van der Waals surface area contributed by atoms with Gasteiger partial charge in [-0.3, -0.25) is 71.9 Å². The van der Waals surface area contributed by atoms with E-state index in [9.17, 15) is 67.1 Å². The molecule has 15 amide bonds. The van der Waals surface area contributed by atoms with Gasteiger partial charge in [-0.05, 0) is 254 Å². The predicted molar refractivity (Wildman–Crippen MR) is 468 cm³/mol. The van der Waals surface area contributed by atoms with E-state index in [1.807, 2.05) is 96.9 Å². The largest absolute Gasteiger partial charge is 0.368 e. The fourth-order valence-electron chi connectivity index (χ4n) is 14.5. The molecule has 1 aliphatic rings. The van der Waals surface area contributed by atoms with Crippen LogP contribution in [0.2, 0.25) is 0 Å². The van der Waals surface area contributed by atoms with E-state index >= 15 is 4.79 Å². The normalized spacial score (nSPS) is 16.1. The number of likely N-dealkylation sites (tertiary alicyclic amines) is 1. The number of nitrogens with two attached hydrogens (primary N) is 7. The van der Waals surface area contributed by atoms with Crippen molar-refractivity contribution in [2.45, 2.75) is 362 Å². The smallest absolute Gasteiger partial charge is 0.245 e. The lowest BCUT2D eigenvalue weighted by molar-refractivity contribution is -0.143. The second-order valence-corrected chi connectivity index (χ2v) is 35.7. The van der Waals surface area contributed by atoms with Crippen molar-refractivity contribution in [1.29, 1.82) is 0 Å². The molecule has 14 atom stereocenters. The van der Waals surface area contributed by atoms with Crippen LogP contribution in [-0.4, -0.2) is 224 Å².